The summed E-state index contributed by atoms with van der Waals surface area (Å²) in [6.07, 6.45) is 0.171. The zero-order valence-corrected chi connectivity index (χ0v) is 22.3. The molecular formula is C25H35BrO4Si. The molecule has 0 unspecified atom stereocenters. The lowest BCUT2D eigenvalue weighted by Crippen LogP contribution is -2.50. The first-order valence-corrected chi connectivity index (χ1v) is 13.8. The van der Waals surface area contributed by atoms with Crippen molar-refractivity contribution >= 4 is 30.2 Å². The number of benzene rings is 2. The topological polar surface area (TPSA) is 44.8 Å². The van der Waals surface area contributed by atoms with Crippen LogP contribution in [0.2, 0.25) is 16.6 Å². The fraction of sp³-hybridized carbons (Fsp3) is 0.480. The van der Waals surface area contributed by atoms with E-state index < -0.39 is 8.32 Å². The summed E-state index contributed by atoms with van der Waals surface area (Å²) in [6, 6.07) is 13.9. The average Bonchev–Trinajstić information content (AvgIpc) is 2.71. The molecule has 0 radical (unpaired) electrons. The minimum absolute atomic E-state index is 0.171. The molecule has 6 heteroatoms. The molecule has 4 nitrogen and oxygen atoms in total. The summed E-state index contributed by atoms with van der Waals surface area (Å²) in [4.78, 5) is 11.7. The number of ether oxygens (including phenoxy) is 2. The molecule has 2 aromatic carbocycles. The molecule has 0 atom stereocenters. The van der Waals surface area contributed by atoms with Gasteiger partial charge in [0.15, 0.2) is 0 Å². The van der Waals surface area contributed by atoms with Crippen molar-refractivity contribution < 1.29 is 18.7 Å². The predicted octanol–water partition coefficient (Wildman–Crippen LogP) is 7.30. The highest BCUT2D eigenvalue weighted by Crippen LogP contribution is 2.42. The maximum Gasteiger partial charge on any atom is 0.310 e. The zero-order valence-electron chi connectivity index (χ0n) is 19.7. The van der Waals surface area contributed by atoms with Gasteiger partial charge in [-0.1, -0.05) is 69.6 Å². The van der Waals surface area contributed by atoms with Crippen molar-refractivity contribution in [3.63, 3.8) is 0 Å². The summed E-state index contributed by atoms with van der Waals surface area (Å²) < 4.78 is 18.4. The van der Waals surface area contributed by atoms with Crippen LogP contribution in [0.5, 0.6) is 11.5 Å². The van der Waals surface area contributed by atoms with Crippen LogP contribution >= 0.6 is 15.9 Å². The lowest BCUT2D eigenvalue weighted by molar-refractivity contribution is -0.139. The number of methoxy groups -OCH3 is 1. The molecule has 0 fully saturated rings. The van der Waals surface area contributed by atoms with E-state index in [0.717, 1.165) is 21.3 Å². The van der Waals surface area contributed by atoms with Crippen LogP contribution in [0.3, 0.4) is 0 Å². The average molecular weight is 508 g/mol. The molecule has 0 aliphatic rings. The second-order valence-corrected chi connectivity index (χ2v) is 15.1. The number of carbonyl (C=O) groups is 1. The van der Waals surface area contributed by atoms with Gasteiger partial charge in [0.05, 0.1) is 13.5 Å². The first kappa shape index (κ1) is 25.5. The fourth-order valence-corrected chi connectivity index (χ4v) is 10.1. The molecule has 0 aromatic heterocycles. The molecule has 0 saturated carbocycles. The Morgan fingerprint density at radius 1 is 0.935 bits per heavy atom. The van der Waals surface area contributed by atoms with E-state index in [-0.39, 0.29) is 12.4 Å². The third kappa shape index (κ3) is 6.36. The van der Waals surface area contributed by atoms with Crippen molar-refractivity contribution in [3.8, 4) is 11.5 Å². The molecule has 0 saturated heterocycles. The number of hydrogen-bond donors (Lipinski definition) is 0. The maximum atomic E-state index is 11.7. The van der Waals surface area contributed by atoms with Crippen molar-refractivity contribution in [2.45, 2.75) is 71.2 Å². The van der Waals surface area contributed by atoms with Gasteiger partial charge in [-0.25, -0.2) is 0 Å². The van der Waals surface area contributed by atoms with Crippen LogP contribution in [-0.2, 0) is 22.6 Å². The molecule has 0 amide bonds. The third-order valence-corrected chi connectivity index (χ3v) is 12.4. The van der Waals surface area contributed by atoms with E-state index in [9.17, 15) is 4.79 Å². The van der Waals surface area contributed by atoms with Crippen molar-refractivity contribution in [3.05, 3.63) is 58.1 Å². The Balaban J connectivity index is 2.13. The molecular weight excluding hydrogens is 472 g/mol. The Bertz CT molecular complexity index is 841. The number of carbonyl (C=O) groups excluding carboxylic acids is 1. The van der Waals surface area contributed by atoms with Crippen molar-refractivity contribution in [1.82, 2.24) is 0 Å². The molecule has 2 aromatic rings. The van der Waals surface area contributed by atoms with Crippen LogP contribution in [0.25, 0.3) is 0 Å². The van der Waals surface area contributed by atoms with Crippen LogP contribution in [0.4, 0.5) is 0 Å². The lowest BCUT2D eigenvalue weighted by atomic mass is 10.1. The molecule has 0 bridgehead atoms. The fourth-order valence-electron chi connectivity index (χ4n) is 4.43. The lowest BCUT2D eigenvalue weighted by Gasteiger charge is -2.42. The van der Waals surface area contributed by atoms with E-state index in [1.807, 2.05) is 42.5 Å². The first-order valence-electron chi connectivity index (χ1n) is 10.9. The number of esters is 1. The number of halogens is 1. The SMILES string of the molecule is COC(=O)Cc1cc(Br)ccc1OCc1ccc(O[Si](C(C)C)(C(C)C)C(C)C)cc1. The normalized spacial score (nSPS) is 11.8. The quantitative estimate of drug-likeness (QED) is 0.250. The summed E-state index contributed by atoms with van der Waals surface area (Å²) in [5.74, 6) is 1.32. The largest absolute Gasteiger partial charge is 0.543 e. The summed E-state index contributed by atoms with van der Waals surface area (Å²) in [5.41, 5.74) is 3.43. The minimum Gasteiger partial charge on any atom is -0.543 e. The van der Waals surface area contributed by atoms with Gasteiger partial charge in [0.2, 0.25) is 0 Å². The van der Waals surface area contributed by atoms with E-state index in [2.05, 4.69) is 57.5 Å². The van der Waals surface area contributed by atoms with Crippen LogP contribution < -0.4 is 9.16 Å². The molecule has 31 heavy (non-hydrogen) atoms. The Morgan fingerprint density at radius 2 is 1.52 bits per heavy atom. The van der Waals surface area contributed by atoms with Gasteiger partial charge in [-0.05, 0) is 52.5 Å². The highest BCUT2D eigenvalue weighted by molar-refractivity contribution is 9.10. The second-order valence-electron chi connectivity index (χ2n) is 8.86. The summed E-state index contributed by atoms with van der Waals surface area (Å²) >= 11 is 3.45. The third-order valence-electron chi connectivity index (χ3n) is 5.90. The smallest absolute Gasteiger partial charge is 0.310 e. The standard InChI is InChI=1S/C25H35BrO4Si/c1-17(2)31(18(3)4,19(5)6)30-23-11-8-20(9-12-23)16-29-24-13-10-22(26)14-21(24)15-25(27)28-7/h8-14,17-19H,15-16H2,1-7H3. The number of hydrogen-bond acceptors (Lipinski definition) is 4. The zero-order chi connectivity index (χ0) is 23.2. The Labute approximate surface area is 196 Å². The molecule has 2 rings (SSSR count). The molecule has 0 spiro atoms. The van der Waals surface area contributed by atoms with Crippen molar-refractivity contribution in [1.29, 1.82) is 0 Å². The maximum absolute atomic E-state index is 11.7. The van der Waals surface area contributed by atoms with Gasteiger partial charge in [0, 0.05) is 10.0 Å². The van der Waals surface area contributed by atoms with E-state index in [1.165, 1.54) is 7.11 Å². The first-order chi connectivity index (χ1) is 14.6. The Hall–Kier alpha value is -1.79. The predicted molar refractivity (Wildman–Crippen MR) is 132 cm³/mol. The summed E-state index contributed by atoms with van der Waals surface area (Å²) in [5, 5.41) is 0. The van der Waals surface area contributed by atoms with Gasteiger partial charge in [0.25, 0.3) is 8.32 Å². The van der Waals surface area contributed by atoms with Crippen LogP contribution in [0.1, 0.15) is 52.7 Å². The van der Waals surface area contributed by atoms with Gasteiger partial charge in [-0.15, -0.1) is 0 Å². The van der Waals surface area contributed by atoms with Gasteiger partial charge in [-0.3, -0.25) is 4.79 Å². The number of rotatable bonds is 10. The highest BCUT2D eigenvalue weighted by Gasteiger charge is 2.46. The van der Waals surface area contributed by atoms with Gasteiger partial charge in [0.1, 0.15) is 18.1 Å². The highest BCUT2D eigenvalue weighted by atomic mass is 79.9. The second kappa shape index (κ2) is 11.2. The molecule has 0 aliphatic carbocycles. The van der Waals surface area contributed by atoms with Crippen LogP contribution in [-0.4, -0.2) is 21.4 Å². The van der Waals surface area contributed by atoms with E-state index in [1.54, 1.807) is 0 Å². The van der Waals surface area contributed by atoms with Gasteiger partial charge in [-0.2, -0.15) is 0 Å². The minimum atomic E-state index is -1.97. The van der Waals surface area contributed by atoms with Crippen LogP contribution in [0, 0.1) is 0 Å². The van der Waals surface area contributed by atoms with E-state index in [4.69, 9.17) is 13.9 Å². The molecule has 0 N–H and O–H groups in total. The Morgan fingerprint density at radius 3 is 2.03 bits per heavy atom. The molecule has 170 valence electrons. The van der Waals surface area contributed by atoms with Crippen LogP contribution in [0.15, 0.2) is 46.9 Å². The monoisotopic (exact) mass is 506 g/mol. The van der Waals surface area contributed by atoms with Crippen molar-refractivity contribution in [2.75, 3.05) is 7.11 Å². The summed E-state index contributed by atoms with van der Waals surface area (Å²) in [7, 11) is -0.580. The van der Waals surface area contributed by atoms with Crippen molar-refractivity contribution in [2.24, 2.45) is 0 Å². The molecule has 0 aliphatic heterocycles. The Kier molecular flexibility index (Phi) is 9.19. The van der Waals surface area contributed by atoms with Gasteiger partial charge >= 0.3 is 5.97 Å². The van der Waals surface area contributed by atoms with E-state index in [0.29, 0.717) is 29.0 Å². The van der Waals surface area contributed by atoms with Gasteiger partial charge < -0.3 is 13.9 Å². The summed E-state index contributed by atoms with van der Waals surface area (Å²) in [6.45, 7) is 14.2. The molecule has 0 heterocycles. The van der Waals surface area contributed by atoms with E-state index >= 15 is 0 Å².